The molecule has 0 atom stereocenters. The Morgan fingerprint density at radius 3 is 2.63 bits per heavy atom. The molecule has 0 aromatic heterocycles. The van der Waals surface area contributed by atoms with Gasteiger partial charge in [-0.15, -0.1) is 0 Å². The van der Waals surface area contributed by atoms with E-state index in [0.717, 1.165) is 11.3 Å². The van der Waals surface area contributed by atoms with E-state index in [2.05, 4.69) is 10.6 Å². The van der Waals surface area contributed by atoms with E-state index < -0.39 is 0 Å². The summed E-state index contributed by atoms with van der Waals surface area (Å²) in [5, 5.41) is 5.68. The number of rotatable bonds is 0. The van der Waals surface area contributed by atoms with Gasteiger partial charge in [-0.25, -0.2) is 4.79 Å². The molecule has 0 saturated heterocycles. The van der Waals surface area contributed by atoms with E-state index in [0.29, 0.717) is 6.54 Å². The van der Waals surface area contributed by atoms with Gasteiger partial charge in [-0.1, -0.05) is 18.2 Å². The SMILES string of the molecule is CC(C)(C)NC(=O)N1CC(=O)Nc2ccccc2C1. The number of fused-ring (bicyclic) bond motifs is 1. The Morgan fingerprint density at radius 2 is 1.95 bits per heavy atom. The van der Waals surface area contributed by atoms with E-state index >= 15 is 0 Å². The van der Waals surface area contributed by atoms with E-state index in [1.807, 2.05) is 45.0 Å². The summed E-state index contributed by atoms with van der Waals surface area (Å²) < 4.78 is 0. The van der Waals surface area contributed by atoms with Gasteiger partial charge in [-0.05, 0) is 32.4 Å². The molecule has 19 heavy (non-hydrogen) atoms. The lowest BCUT2D eigenvalue weighted by Gasteiger charge is -2.27. The number of carbonyl (C=O) groups excluding carboxylic acids is 2. The minimum absolute atomic E-state index is 0.0661. The Bertz CT molecular complexity index is 506. The fourth-order valence-electron chi connectivity index (χ4n) is 1.95. The minimum atomic E-state index is -0.320. The van der Waals surface area contributed by atoms with Crippen LogP contribution in [-0.2, 0) is 11.3 Å². The van der Waals surface area contributed by atoms with Crippen molar-refractivity contribution in [3.05, 3.63) is 29.8 Å². The van der Waals surface area contributed by atoms with Gasteiger partial charge in [0.25, 0.3) is 0 Å². The van der Waals surface area contributed by atoms with Gasteiger partial charge >= 0.3 is 6.03 Å². The van der Waals surface area contributed by atoms with Crippen molar-refractivity contribution in [1.82, 2.24) is 10.2 Å². The van der Waals surface area contributed by atoms with Crippen LogP contribution in [0.25, 0.3) is 0 Å². The first-order valence-electron chi connectivity index (χ1n) is 6.30. The third-order valence-corrected chi connectivity index (χ3v) is 2.76. The topological polar surface area (TPSA) is 61.4 Å². The molecule has 1 aromatic rings. The molecule has 1 aromatic carbocycles. The van der Waals surface area contributed by atoms with E-state index in [1.165, 1.54) is 4.90 Å². The summed E-state index contributed by atoms with van der Waals surface area (Å²) in [6, 6.07) is 7.30. The zero-order valence-electron chi connectivity index (χ0n) is 11.5. The zero-order valence-corrected chi connectivity index (χ0v) is 11.5. The maximum atomic E-state index is 12.2. The number of urea groups is 1. The fraction of sp³-hybridized carbons (Fsp3) is 0.429. The molecule has 1 aliphatic heterocycles. The average Bonchev–Trinajstić information content (AvgIpc) is 2.44. The number of anilines is 1. The Kier molecular flexibility index (Phi) is 3.46. The molecule has 0 fully saturated rings. The Hall–Kier alpha value is -2.04. The summed E-state index contributed by atoms with van der Waals surface area (Å²) in [5.41, 5.74) is 1.40. The van der Waals surface area contributed by atoms with Crippen LogP contribution in [0.1, 0.15) is 26.3 Å². The van der Waals surface area contributed by atoms with Crippen molar-refractivity contribution in [3.8, 4) is 0 Å². The van der Waals surface area contributed by atoms with Crippen molar-refractivity contribution in [3.63, 3.8) is 0 Å². The summed E-state index contributed by atoms with van der Waals surface area (Å²) in [5.74, 6) is -0.172. The molecule has 5 nitrogen and oxygen atoms in total. The van der Waals surface area contributed by atoms with Gasteiger partial charge in [-0.3, -0.25) is 4.79 Å². The average molecular weight is 261 g/mol. The van der Waals surface area contributed by atoms with Gasteiger partial charge in [0.2, 0.25) is 5.91 Å². The van der Waals surface area contributed by atoms with Crippen molar-refractivity contribution in [2.45, 2.75) is 32.9 Å². The molecular weight excluding hydrogens is 242 g/mol. The Labute approximate surface area is 113 Å². The van der Waals surface area contributed by atoms with Gasteiger partial charge in [0, 0.05) is 11.2 Å². The first-order chi connectivity index (χ1) is 8.85. The lowest BCUT2D eigenvalue weighted by molar-refractivity contribution is -0.116. The number of hydrogen-bond acceptors (Lipinski definition) is 2. The van der Waals surface area contributed by atoms with Crippen LogP contribution in [0.15, 0.2) is 24.3 Å². The molecule has 0 aliphatic carbocycles. The number of nitrogens with zero attached hydrogens (tertiary/aromatic N) is 1. The molecule has 0 unspecified atom stereocenters. The van der Waals surface area contributed by atoms with Crippen molar-refractivity contribution in [2.24, 2.45) is 0 Å². The second-order valence-electron chi connectivity index (χ2n) is 5.74. The highest BCUT2D eigenvalue weighted by molar-refractivity contribution is 5.96. The van der Waals surface area contributed by atoms with E-state index in [1.54, 1.807) is 0 Å². The highest BCUT2D eigenvalue weighted by Gasteiger charge is 2.25. The van der Waals surface area contributed by atoms with Crippen LogP contribution in [0.4, 0.5) is 10.5 Å². The van der Waals surface area contributed by atoms with Crippen molar-refractivity contribution >= 4 is 17.6 Å². The van der Waals surface area contributed by atoms with Crippen LogP contribution in [-0.4, -0.2) is 28.9 Å². The van der Waals surface area contributed by atoms with Crippen LogP contribution in [0, 0.1) is 0 Å². The molecule has 2 rings (SSSR count). The number of carbonyl (C=O) groups is 2. The second kappa shape index (κ2) is 4.91. The lowest BCUT2D eigenvalue weighted by Crippen LogP contribution is -2.49. The predicted octanol–water partition coefficient (Wildman–Crippen LogP) is 1.95. The fourth-order valence-corrected chi connectivity index (χ4v) is 1.95. The van der Waals surface area contributed by atoms with Gasteiger partial charge in [-0.2, -0.15) is 0 Å². The van der Waals surface area contributed by atoms with E-state index in [4.69, 9.17) is 0 Å². The number of benzene rings is 1. The quantitative estimate of drug-likeness (QED) is 0.750. The third kappa shape index (κ3) is 3.47. The minimum Gasteiger partial charge on any atom is -0.333 e. The first kappa shape index (κ1) is 13.4. The summed E-state index contributed by atoms with van der Waals surface area (Å²) in [6.45, 7) is 6.23. The molecule has 1 heterocycles. The molecule has 102 valence electrons. The van der Waals surface area contributed by atoms with Gasteiger partial charge in [0.15, 0.2) is 0 Å². The Balaban J connectivity index is 2.20. The molecule has 0 bridgehead atoms. The largest absolute Gasteiger partial charge is 0.333 e. The number of amides is 3. The molecule has 0 radical (unpaired) electrons. The summed E-state index contributed by atoms with van der Waals surface area (Å²) in [4.78, 5) is 25.5. The molecule has 2 N–H and O–H groups in total. The van der Waals surface area contributed by atoms with E-state index in [-0.39, 0.29) is 24.0 Å². The van der Waals surface area contributed by atoms with Crippen molar-refractivity contribution < 1.29 is 9.59 Å². The van der Waals surface area contributed by atoms with Crippen LogP contribution < -0.4 is 10.6 Å². The molecule has 1 aliphatic rings. The van der Waals surface area contributed by atoms with Gasteiger partial charge < -0.3 is 15.5 Å². The zero-order chi connectivity index (χ0) is 14.0. The van der Waals surface area contributed by atoms with Crippen molar-refractivity contribution in [2.75, 3.05) is 11.9 Å². The summed E-state index contributed by atoms with van der Waals surface area (Å²) in [6.07, 6.45) is 0. The van der Waals surface area contributed by atoms with E-state index in [9.17, 15) is 9.59 Å². The highest BCUT2D eigenvalue weighted by Crippen LogP contribution is 2.20. The first-order valence-corrected chi connectivity index (χ1v) is 6.30. The number of nitrogens with one attached hydrogen (secondary N) is 2. The lowest BCUT2D eigenvalue weighted by atomic mass is 10.1. The number of hydrogen-bond donors (Lipinski definition) is 2. The normalized spacial score (nSPS) is 15.3. The summed E-state index contributed by atoms with van der Waals surface area (Å²) >= 11 is 0. The predicted molar refractivity (Wildman–Crippen MR) is 73.8 cm³/mol. The smallest absolute Gasteiger partial charge is 0.318 e. The van der Waals surface area contributed by atoms with Crippen molar-refractivity contribution in [1.29, 1.82) is 0 Å². The molecule has 0 saturated carbocycles. The van der Waals surface area contributed by atoms with Crippen LogP contribution >= 0.6 is 0 Å². The molecular formula is C14H19N3O2. The maximum absolute atomic E-state index is 12.2. The number of para-hydroxylation sites is 1. The molecule has 0 spiro atoms. The third-order valence-electron chi connectivity index (χ3n) is 2.76. The molecule has 3 amide bonds. The summed E-state index contributed by atoms with van der Waals surface area (Å²) in [7, 11) is 0. The monoisotopic (exact) mass is 261 g/mol. The maximum Gasteiger partial charge on any atom is 0.318 e. The van der Waals surface area contributed by atoms with Crippen LogP contribution in [0.3, 0.4) is 0 Å². The van der Waals surface area contributed by atoms with Gasteiger partial charge in [0.1, 0.15) is 6.54 Å². The van der Waals surface area contributed by atoms with Crippen LogP contribution in [0.5, 0.6) is 0 Å². The Morgan fingerprint density at radius 1 is 1.26 bits per heavy atom. The standard InChI is InChI=1S/C14H19N3O2/c1-14(2,3)16-13(19)17-8-10-6-4-5-7-11(10)15-12(18)9-17/h4-7H,8-9H2,1-3H3,(H,15,18)(H,16,19). The van der Waals surface area contributed by atoms with Gasteiger partial charge in [0.05, 0.1) is 6.54 Å². The molecule has 5 heteroatoms. The highest BCUT2D eigenvalue weighted by atomic mass is 16.2. The second-order valence-corrected chi connectivity index (χ2v) is 5.74. The van der Waals surface area contributed by atoms with Crippen LogP contribution in [0.2, 0.25) is 0 Å².